The summed E-state index contributed by atoms with van der Waals surface area (Å²) in [5.41, 5.74) is 6.96. The van der Waals surface area contributed by atoms with Crippen LogP contribution in [-0.4, -0.2) is 40.6 Å². The fourth-order valence-corrected chi connectivity index (χ4v) is 5.82. The van der Waals surface area contributed by atoms with Crippen LogP contribution in [0.5, 0.6) is 5.75 Å². The molecule has 1 saturated heterocycles. The van der Waals surface area contributed by atoms with Gasteiger partial charge in [-0.1, -0.05) is 12.1 Å². The molecule has 0 aliphatic carbocycles. The van der Waals surface area contributed by atoms with Crippen molar-refractivity contribution in [3.05, 3.63) is 71.3 Å². The number of hydrogen-bond acceptors (Lipinski definition) is 5. The van der Waals surface area contributed by atoms with E-state index in [9.17, 15) is 4.21 Å². The van der Waals surface area contributed by atoms with Crippen molar-refractivity contribution in [1.82, 2.24) is 24.1 Å². The lowest BCUT2D eigenvalue weighted by Gasteiger charge is -2.26. The maximum atomic E-state index is 12.5. The van der Waals surface area contributed by atoms with Crippen LogP contribution in [0.15, 0.2) is 48.8 Å². The molecule has 34 heavy (non-hydrogen) atoms. The van der Waals surface area contributed by atoms with Crippen LogP contribution >= 0.6 is 0 Å². The second kappa shape index (κ2) is 9.64. The zero-order chi connectivity index (χ0) is 23.7. The van der Waals surface area contributed by atoms with E-state index in [1.807, 2.05) is 53.4 Å². The van der Waals surface area contributed by atoms with Crippen molar-refractivity contribution < 1.29 is 8.95 Å². The van der Waals surface area contributed by atoms with Crippen LogP contribution in [0.3, 0.4) is 0 Å². The number of fused-ring (bicyclic) bond motifs is 1. The van der Waals surface area contributed by atoms with Gasteiger partial charge in [-0.15, -0.1) is 0 Å². The zero-order valence-corrected chi connectivity index (χ0v) is 20.6. The first-order valence-corrected chi connectivity index (χ1v) is 12.9. The van der Waals surface area contributed by atoms with Gasteiger partial charge in [-0.05, 0) is 56.5 Å². The fraction of sp³-hybridized carbons (Fsp3) is 0.346. The van der Waals surface area contributed by atoms with E-state index in [0.717, 1.165) is 75.6 Å². The van der Waals surface area contributed by atoms with E-state index in [2.05, 4.69) is 29.1 Å². The monoisotopic (exact) mass is 475 g/mol. The van der Waals surface area contributed by atoms with Crippen molar-refractivity contribution in [1.29, 1.82) is 0 Å². The first kappa shape index (κ1) is 22.7. The highest BCUT2D eigenvalue weighted by Gasteiger charge is 2.21. The molecule has 0 saturated carbocycles. The Morgan fingerprint density at radius 3 is 2.79 bits per heavy atom. The second-order valence-electron chi connectivity index (χ2n) is 8.74. The maximum Gasteiger partial charge on any atom is 0.146 e. The topological polar surface area (TPSA) is 73.1 Å². The molecular weight excluding hydrogens is 446 g/mol. The first-order valence-electron chi connectivity index (χ1n) is 11.6. The minimum atomic E-state index is -0.939. The van der Waals surface area contributed by atoms with Crippen LogP contribution in [0.25, 0.3) is 22.2 Å². The molecule has 1 aliphatic heterocycles. The lowest BCUT2D eigenvalue weighted by atomic mass is 10.0. The predicted molar refractivity (Wildman–Crippen MR) is 135 cm³/mol. The van der Waals surface area contributed by atoms with Gasteiger partial charge in [0.05, 0.1) is 28.9 Å². The van der Waals surface area contributed by atoms with E-state index in [1.165, 1.54) is 0 Å². The molecule has 1 atom stereocenters. The summed E-state index contributed by atoms with van der Waals surface area (Å²) in [5, 5.41) is 5.36. The Bertz CT molecular complexity index is 1370. The number of aryl methyl sites for hydroxylation is 3. The molecule has 1 aliphatic rings. The second-order valence-corrected chi connectivity index (χ2v) is 10.3. The molecule has 0 bridgehead atoms. The van der Waals surface area contributed by atoms with Gasteiger partial charge in [0.15, 0.2) is 0 Å². The number of ether oxygens (including phenoxy) is 1. The van der Waals surface area contributed by atoms with E-state index in [0.29, 0.717) is 13.2 Å². The van der Waals surface area contributed by atoms with Gasteiger partial charge >= 0.3 is 0 Å². The van der Waals surface area contributed by atoms with Crippen molar-refractivity contribution in [3.8, 4) is 17.0 Å². The lowest BCUT2D eigenvalue weighted by molar-refractivity contribution is 0.303. The van der Waals surface area contributed by atoms with Gasteiger partial charge in [0.2, 0.25) is 0 Å². The molecule has 5 rings (SSSR count). The molecule has 0 amide bonds. The summed E-state index contributed by atoms with van der Waals surface area (Å²) in [5.74, 6) is 1.47. The number of nitrogens with zero attached hydrogens (tertiary/aromatic N) is 5. The fourth-order valence-electron chi connectivity index (χ4n) is 4.51. The molecular formula is C26H29N5O2S. The van der Waals surface area contributed by atoms with E-state index in [-0.39, 0.29) is 0 Å². The molecule has 8 heteroatoms. The molecule has 7 nitrogen and oxygen atoms in total. The number of aromatic nitrogens is 4. The molecule has 4 heterocycles. The van der Waals surface area contributed by atoms with Gasteiger partial charge in [0.1, 0.15) is 17.9 Å². The number of pyridine rings is 2. The molecule has 4 aromatic rings. The minimum absolute atomic E-state index is 0.380. The van der Waals surface area contributed by atoms with Crippen LogP contribution in [0.4, 0.5) is 0 Å². The SMILES string of the molecule is Cc1cc(-c2ccnn2C)c2cccc(OCc3c(C)ccnc3CN3CCCCS3=O)c2n1. The van der Waals surface area contributed by atoms with Crippen molar-refractivity contribution >= 4 is 21.9 Å². The summed E-state index contributed by atoms with van der Waals surface area (Å²) >= 11 is 0. The van der Waals surface area contributed by atoms with E-state index < -0.39 is 11.0 Å². The molecule has 3 aromatic heterocycles. The van der Waals surface area contributed by atoms with Crippen molar-refractivity contribution in [2.75, 3.05) is 12.3 Å². The van der Waals surface area contributed by atoms with Gasteiger partial charge < -0.3 is 4.74 Å². The van der Waals surface area contributed by atoms with Crippen LogP contribution in [0, 0.1) is 13.8 Å². The molecule has 1 fully saturated rings. The summed E-state index contributed by atoms with van der Waals surface area (Å²) < 4.78 is 22.7. The normalized spacial score (nSPS) is 16.7. The highest BCUT2D eigenvalue weighted by Crippen LogP contribution is 2.33. The van der Waals surface area contributed by atoms with Crippen molar-refractivity contribution in [2.24, 2.45) is 7.05 Å². The zero-order valence-electron chi connectivity index (χ0n) is 19.8. The Kier molecular flexibility index (Phi) is 6.43. The van der Waals surface area contributed by atoms with E-state index in [4.69, 9.17) is 9.72 Å². The van der Waals surface area contributed by atoms with Gasteiger partial charge in [-0.25, -0.2) is 13.5 Å². The largest absolute Gasteiger partial charge is 0.487 e. The Hall–Kier alpha value is -3.10. The lowest BCUT2D eigenvalue weighted by Crippen LogP contribution is -2.33. The van der Waals surface area contributed by atoms with Gasteiger partial charge in [0.25, 0.3) is 0 Å². The summed E-state index contributed by atoms with van der Waals surface area (Å²) in [6, 6.07) is 12.1. The van der Waals surface area contributed by atoms with Gasteiger partial charge in [-0.3, -0.25) is 9.67 Å². The van der Waals surface area contributed by atoms with E-state index >= 15 is 0 Å². The number of benzene rings is 1. The number of para-hydroxylation sites is 1. The van der Waals surface area contributed by atoms with Crippen LogP contribution in [-0.2, 0) is 31.2 Å². The van der Waals surface area contributed by atoms with Crippen LogP contribution in [0.1, 0.15) is 35.4 Å². The number of rotatable bonds is 6. The summed E-state index contributed by atoms with van der Waals surface area (Å²) in [6.07, 6.45) is 5.72. The Morgan fingerprint density at radius 2 is 2.00 bits per heavy atom. The first-order chi connectivity index (χ1) is 16.5. The molecule has 0 radical (unpaired) electrons. The van der Waals surface area contributed by atoms with Gasteiger partial charge in [0, 0.05) is 53.9 Å². The summed E-state index contributed by atoms with van der Waals surface area (Å²) in [6.45, 7) is 5.86. The van der Waals surface area contributed by atoms with Gasteiger partial charge in [-0.2, -0.15) is 5.10 Å². The number of hydrogen-bond donors (Lipinski definition) is 0. The molecule has 176 valence electrons. The standard InChI is InChI=1S/C26H29N5O2S/c1-18-9-11-27-23(16-31-13-4-5-14-34(31)32)22(18)17-33-25-8-6-7-20-21(15-19(2)29-26(20)25)24-10-12-28-30(24)3/h6-12,15H,4-5,13-14,16-17H2,1-3H3. The third-order valence-corrected chi connectivity index (χ3v) is 7.89. The maximum absolute atomic E-state index is 12.5. The average Bonchev–Trinajstić information content (AvgIpc) is 3.25. The third kappa shape index (κ3) is 4.48. The molecule has 1 aromatic carbocycles. The Labute approximate surface area is 202 Å². The summed E-state index contributed by atoms with van der Waals surface area (Å²) in [7, 11) is 1.01. The van der Waals surface area contributed by atoms with Crippen molar-refractivity contribution in [3.63, 3.8) is 0 Å². The molecule has 0 spiro atoms. The quantitative estimate of drug-likeness (QED) is 0.411. The smallest absolute Gasteiger partial charge is 0.146 e. The molecule has 1 unspecified atom stereocenters. The highest BCUT2D eigenvalue weighted by molar-refractivity contribution is 7.82. The predicted octanol–water partition coefficient (Wildman–Crippen LogP) is 4.49. The average molecular weight is 476 g/mol. The molecule has 0 N–H and O–H groups in total. The highest BCUT2D eigenvalue weighted by atomic mass is 32.2. The van der Waals surface area contributed by atoms with E-state index in [1.54, 1.807) is 6.20 Å². The third-order valence-electron chi connectivity index (χ3n) is 6.37. The summed E-state index contributed by atoms with van der Waals surface area (Å²) in [4.78, 5) is 9.45. The minimum Gasteiger partial charge on any atom is -0.487 e. The van der Waals surface area contributed by atoms with Crippen LogP contribution < -0.4 is 4.74 Å². The Balaban J connectivity index is 1.47. The Morgan fingerprint density at radius 1 is 1.12 bits per heavy atom. The van der Waals surface area contributed by atoms with Crippen LogP contribution in [0.2, 0.25) is 0 Å². The van der Waals surface area contributed by atoms with Crippen molar-refractivity contribution in [2.45, 2.75) is 39.8 Å².